The molecule has 3 aromatic rings. The van der Waals surface area contributed by atoms with Crippen LogP contribution in [-0.4, -0.2) is 29.2 Å². The van der Waals surface area contributed by atoms with E-state index in [4.69, 9.17) is 14.2 Å². The van der Waals surface area contributed by atoms with Crippen LogP contribution >= 0.6 is 11.3 Å². The molecular formula is C35H48N2O3S. The van der Waals surface area contributed by atoms with Crippen molar-refractivity contribution in [3.63, 3.8) is 0 Å². The maximum atomic E-state index is 6.39. The van der Waals surface area contributed by atoms with E-state index in [2.05, 4.69) is 60.5 Å². The van der Waals surface area contributed by atoms with Crippen molar-refractivity contribution in [3.05, 3.63) is 60.7 Å². The van der Waals surface area contributed by atoms with Gasteiger partial charge in [-0.3, -0.25) is 0 Å². The van der Waals surface area contributed by atoms with E-state index in [-0.39, 0.29) is 0 Å². The van der Waals surface area contributed by atoms with Crippen LogP contribution < -0.4 is 9.47 Å². The quantitative estimate of drug-likeness (QED) is 0.0761. The van der Waals surface area contributed by atoms with Gasteiger partial charge in [0.25, 0.3) is 0 Å². The van der Waals surface area contributed by atoms with Gasteiger partial charge in [0, 0.05) is 17.5 Å². The molecule has 0 fully saturated rings. The molecule has 41 heavy (non-hydrogen) atoms. The van der Waals surface area contributed by atoms with E-state index in [1.807, 2.05) is 24.3 Å². The van der Waals surface area contributed by atoms with Crippen molar-refractivity contribution in [2.24, 2.45) is 0 Å². The van der Waals surface area contributed by atoms with Crippen molar-refractivity contribution in [1.82, 2.24) is 10.2 Å². The Bertz CT molecular complexity index is 1160. The summed E-state index contributed by atoms with van der Waals surface area (Å²) >= 11 is 1.59. The Labute approximate surface area is 251 Å². The maximum absolute atomic E-state index is 6.39. The number of benzene rings is 2. The molecule has 0 bridgehead atoms. The van der Waals surface area contributed by atoms with Crippen molar-refractivity contribution in [3.8, 4) is 32.6 Å². The number of allylic oxidation sites excluding steroid dienone is 1. The Morgan fingerprint density at radius 1 is 0.659 bits per heavy atom. The average Bonchev–Trinajstić information content (AvgIpc) is 3.68. The number of ether oxygens (including phenoxy) is 3. The molecule has 0 radical (unpaired) electrons. The maximum Gasteiger partial charge on any atom is 0.230 e. The molecule has 222 valence electrons. The van der Waals surface area contributed by atoms with Crippen molar-refractivity contribution in [1.29, 1.82) is 0 Å². The summed E-state index contributed by atoms with van der Waals surface area (Å²) in [6, 6.07) is 16.3. The van der Waals surface area contributed by atoms with Crippen LogP contribution in [0.1, 0.15) is 104 Å². The van der Waals surface area contributed by atoms with Gasteiger partial charge in [-0.05, 0) is 73.9 Å². The van der Waals surface area contributed by atoms with Gasteiger partial charge in [0.15, 0.2) is 0 Å². The van der Waals surface area contributed by atoms with Crippen LogP contribution in [0.15, 0.2) is 60.7 Å². The van der Waals surface area contributed by atoms with Crippen molar-refractivity contribution < 1.29 is 14.2 Å². The lowest BCUT2D eigenvalue weighted by molar-refractivity contribution is -0.146. The third-order valence-electron chi connectivity index (χ3n) is 7.56. The number of hydrogen-bond acceptors (Lipinski definition) is 6. The number of unbranched alkanes of at least 4 members (excludes halogenated alkanes) is 10. The molecule has 0 N–H and O–H groups in total. The second-order valence-electron chi connectivity index (χ2n) is 11.0. The molecule has 0 unspecified atom stereocenters. The lowest BCUT2D eigenvalue weighted by atomic mass is 10.1. The topological polar surface area (TPSA) is 53.5 Å². The number of nitrogens with zero attached hydrogens (tertiary/aromatic N) is 2. The second-order valence-corrected chi connectivity index (χ2v) is 12.0. The third kappa shape index (κ3) is 10.3. The Hall–Kier alpha value is -2.70. The van der Waals surface area contributed by atoms with Gasteiger partial charge in [0.05, 0.1) is 13.2 Å². The largest absolute Gasteiger partial charge is 0.494 e. The van der Waals surface area contributed by atoms with Gasteiger partial charge < -0.3 is 14.2 Å². The SMILES string of the molecule is CCCCCCCCOc1ccc(-c2nnc(-c3ccc(O[C@]4(OCCCCCCCC)C=CCC4)cc3)s2)cc1. The van der Waals surface area contributed by atoms with Gasteiger partial charge in [0.1, 0.15) is 21.5 Å². The molecule has 4 rings (SSSR count). The number of hydrogen-bond donors (Lipinski definition) is 0. The zero-order chi connectivity index (χ0) is 28.6. The summed E-state index contributed by atoms with van der Waals surface area (Å²) in [7, 11) is 0. The van der Waals surface area contributed by atoms with E-state index in [1.54, 1.807) is 11.3 Å². The van der Waals surface area contributed by atoms with Crippen LogP contribution in [0.3, 0.4) is 0 Å². The lowest BCUT2D eigenvalue weighted by Crippen LogP contribution is -2.35. The van der Waals surface area contributed by atoms with Gasteiger partial charge in [0.2, 0.25) is 5.79 Å². The van der Waals surface area contributed by atoms with Gasteiger partial charge in [-0.15, -0.1) is 10.2 Å². The zero-order valence-corrected chi connectivity index (χ0v) is 25.9. The molecule has 0 saturated carbocycles. The van der Waals surface area contributed by atoms with E-state index >= 15 is 0 Å². The zero-order valence-electron chi connectivity index (χ0n) is 25.1. The molecule has 1 aliphatic rings. The summed E-state index contributed by atoms with van der Waals surface area (Å²) in [5, 5.41) is 10.7. The Morgan fingerprint density at radius 2 is 1.20 bits per heavy atom. The first-order valence-corrected chi connectivity index (χ1v) is 16.7. The minimum absolute atomic E-state index is 0.647. The first-order chi connectivity index (χ1) is 20.2. The first kappa shape index (κ1) is 31.2. The Morgan fingerprint density at radius 3 is 1.76 bits per heavy atom. The van der Waals surface area contributed by atoms with Crippen LogP contribution in [0.4, 0.5) is 0 Å². The third-order valence-corrected chi connectivity index (χ3v) is 8.58. The molecule has 0 aliphatic heterocycles. The summed E-state index contributed by atoms with van der Waals surface area (Å²) in [6.45, 7) is 6.01. The van der Waals surface area contributed by atoms with Crippen LogP contribution in [0.5, 0.6) is 11.5 Å². The standard InChI is InChI=1S/C35H48N2O3S/c1-3-5-7-9-11-15-27-38-31-21-17-29(18-22-31)33-36-37-34(41-33)30-19-23-32(24-20-30)40-35(25-13-14-26-35)39-28-16-12-10-8-6-4-2/h13,17-25H,3-12,14-16,26-28H2,1-2H3/t35-/m1/s1. The normalized spacial score (nSPS) is 16.3. The van der Waals surface area contributed by atoms with Crippen molar-refractivity contribution in [2.45, 2.75) is 110 Å². The van der Waals surface area contributed by atoms with Crippen LogP contribution in [0, 0.1) is 0 Å². The Balaban J connectivity index is 1.25. The lowest BCUT2D eigenvalue weighted by Gasteiger charge is -2.29. The fourth-order valence-electron chi connectivity index (χ4n) is 5.08. The van der Waals surface area contributed by atoms with E-state index in [9.17, 15) is 0 Å². The average molecular weight is 577 g/mol. The fraction of sp³-hybridized carbons (Fsp3) is 0.543. The summed E-state index contributed by atoms with van der Waals surface area (Å²) in [4.78, 5) is 0. The molecule has 0 saturated heterocycles. The van der Waals surface area contributed by atoms with Crippen molar-refractivity contribution >= 4 is 11.3 Å². The molecule has 6 heteroatoms. The second kappa shape index (κ2) is 17.3. The highest BCUT2D eigenvalue weighted by Gasteiger charge is 2.33. The van der Waals surface area contributed by atoms with Gasteiger partial charge in [-0.25, -0.2) is 0 Å². The fourth-order valence-corrected chi connectivity index (χ4v) is 5.93. The molecule has 1 aliphatic carbocycles. The predicted molar refractivity (Wildman–Crippen MR) is 171 cm³/mol. The highest BCUT2D eigenvalue weighted by Crippen LogP contribution is 2.34. The Kier molecular flexibility index (Phi) is 13.2. The summed E-state index contributed by atoms with van der Waals surface area (Å²) in [6.07, 6.45) is 21.2. The molecule has 1 aromatic heterocycles. The first-order valence-electron chi connectivity index (χ1n) is 15.9. The van der Waals surface area contributed by atoms with Crippen molar-refractivity contribution in [2.75, 3.05) is 13.2 Å². The minimum atomic E-state index is -0.647. The molecule has 5 nitrogen and oxygen atoms in total. The molecule has 1 heterocycles. The van der Waals surface area contributed by atoms with Crippen LogP contribution in [0.25, 0.3) is 21.1 Å². The highest BCUT2D eigenvalue weighted by molar-refractivity contribution is 7.17. The number of rotatable bonds is 20. The van der Waals surface area contributed by atoms with E-state index < -0.39 is 5.79 Å². The van der Waals surface area contributed by atoms with E-state index in [1.165, 1.54) is 64.2 Å². The summed E-state index contributed by atoms with van der Waals surface area (Å²) < 4.78 is 18.6. The molecular weight excluding hydrogens is 528 g/mol. The highest BCUT2D eigenvalue weighted by atomic mass is 32.1. The predicted octanol–water partition coefficient (Wildman–Crippen LogP) is 10.4. The van der Waals surface area contributed by atoms with Gasteiger partial charge in [-0.1, -0.05) is 95.5 Å². The van der Waals surface area contributed by atoms with E-state index in [0.717, 1.165) is 71.5 Å². The van der Waals surface area contributed by atoms with Gasteiger partial charge in [-0.2, -0.15) is 0 Å². The monoisotopic (exact) mass is 576 g/mol. The summed E-state index contributed by atoms with van der Waals surface area (Å²) in [5.41, 5.74) is 2.09. The molecule has 2 aromatic carbocycles. The van der Waals surface area contributed by atoms with E-state index in [0.29, 0.717) is 0 Å². The van der Waals surface area contributed by atoms with Gasteiger partial charge >= 0.3 is 0 Å². The molecule has 1 atom stereocenters. The van der Waals surface area contributed by atoms with Crippen LogP contribution in [-0.2, 0) is 4.74 Å². The van der Waals surface area contributed by atoms with Crippen LogP contribution in [0.2, 0.25) is 0 Å². The number of aromatic nitrogens is 2. The molecule has 0 spiro atoms. The minimum Gasteiger partial charge on any atom is -0.494 e. The molecule has 0 amide bonds. The summed E-state index contributed by atoms with van der Waals surface area (Å²) in [5.74, 6) is 1.07. The smallest absolute Gasteiger partial charge is 0.230 e.